The van der Waals surface area contributed by atoms with Crippen molar-refractivity contribution >= 4 is 29.6 Å². The van der Waals surface area contributed by atoms with Gasteiger partial charge in [-0.05, 0) is 12.5 Å². The Morgan fingerprint density at radius 1 is 1.42 bits per heavy atom. The Kier molecular flexibility index (Phi) is 4.36. The van der Waals surface area contributed by atoms with E-state index in [1.165, 1.54) is 28.8 Å². The summed E-state index contributed by atoms with van der Waals surface area (Å²) in [7, 11) is 0. The third kappa shape index (κ3) is 3.03. The second kappa shape index (κ2) is 6.32. The lowest BCUT2D eigenvalue weighted by atomic mass is 9.96. The molecule has 1 aromatic carbocycles. The highest BCUT2D eigenvalue weighted by molar-refractivity contribution is 8.01. The summed E-state index contributed by atoms with van der Waals surface area (Å²) in [6, 6.07) is 8.32. The summed E-state index contributed by atoms with van der Waals surface area (Å²) >= 11 is 1.39. The molecule has 6 nitrogen and oxygen atoms in total. The fourth-order valence-electron chi connectivity index (χ4n) is 2.95. The van der Waals surface area contributed by atoms with Crippen LogP contribution in [0.5, 0.6) is 0 Å². The number of thioether (sulfide) groups is 1. The zero-order valence-electron chi connectivity index (χ0n) is 13.0. The van der Waals surface area contributed by atoms with Gasteiger partial charge in [0.05, 0.1) is 16.5 Å². The van der Waals surface area contributed by atoms with E-state index in [9.17, 15) is 19.5 Å². The number of hydrogen-bond acceptors (Lipinski definition) is 5. The lowest BCUT2D eigenvalue weighted by molar-refractivity contribution is -0.157. The van der Waals surface area contributed by atoms with Gasteiger partial charge in [-0.15, -0.1) is 11.8 Å². The molecule has 2 aliphatic heterocycles. The van der Waals surface area contributed by atoms with Gasteiger partial charge in [0.1, 0.15) is 12.6 Å². The van der Waals surface area contributed by atoms with Gasteiger partial charge >= 0.3 is 11.9 Å². The van der Waals surface area contributed by atoms with Crippen LogP contribution in [-0.4, -0.2) is 44.0 Å². The molecule has 0 saturated carbocycles. The number of carboxylic acid groups (broad SMARTS) is 1. The van der Waals surface area contributed by atoms with E-state index in [0.29, 0.717) is 6.42 Å². The van der Waals surface area contributed by atoms with Crippen molar-refractivity contribution in [1.29, 1.82) is 0 Å². The van der Waals surface area contributed by atoms with Gasteiger partial charge in [0.2, 0.25) is 5.91 Å². The SMILES string of the molecule is C[C@@]1(C=CC(=O)OCc2ccccc2)S[C@@H]2CC(=O)N2[C@H]1C(=O)O. The zero-order chi connectivity index (χ0) is 17.3. The highest BCUT2D eigenvalue weighted by Gasteiger charge is 2.59. The summed E-state index contributed by atoms with van der Waals surface area (Å²) in [4.78, 5) is 36.5. The molecule has 1 aromatic rings. The Morgan fingerprint density at radius 2 is 2.12 bits per heavy atom. The van der Waals surface area contributed by atoms with E-state index in [1.807, 2.05) is 30.3 Å². The van der Waals surface area contributed by atoms with Gasteiger partial charge in [0.25, 0.3) is 0 Å². The van der Waals surface area contributed by atoms with E-state index in [0.717, 1.165) is 5.56 Å². The lowest BCUT2D eigenvalue weighted by Crippen LogP contribution is -2.57. The molecular weight excluding hydrogens is 330 g/mol. The first kappa shape index (κ1) is 16.6. The zero-order valence-corrected chi connectivity index (χ0v) is 13.9. The minimum Gasteiger partial charge on any atom is -0.480 e. The maximum atomic E-state index is 11.9. The number of β-lactam (4-membered cyclic amide) rings is 1. The predicted octanol–water partition coefficient (Wildman–Crippen LogP) is 1.80. The van der Waals surface area contributed by atoms with Gasteiger partial charge in [-0.2, -0.15) is 0 Å². The second-order valence-corrected chi connectivity index (χ2v) is 7.59. The van der Waals surface area contributed by atoms with Gasteiger partial charge in [-0.25, -0.2) is 9.59 Å². The van der Waals surface area contributed by atoms with Crippen LogP contribution in [-0.2, 0) is 25.7 Å². The van der Waals surface area contributed by atoms with Crippen molar-refractivity contribution in [3.63, 3.8) is 0 Å². The van der Waals surface area contributed by atoms with Gasteiger partial charge in [0, 0.05) is 6.08 Å². The molecule has 0 bridgehead atoms. The second-order valence-electron chi connectivity index (χ2n) is 5.93. The van der Waals surface area contributed by atoms with Crippen LogP contribution in [0.4, 0.5) is 0 Å². The molecule has 1 N–H and O–H groups in total. The van der Waals surface area contributed by atoms with E-state index in [2.05, 4.69) is 0 Å². The summed E-state index contributed by atoms with van der Waals surface area (Å²) in [5.41, 5.74) is 0.874. The van der Waals surface area contributed by atoms with E-state index in [1.54, 1.807) is 6.92 Å². The predicted molar refractivity (Wildman–Crippen MR) is 88.0 cm³/mol. The Hall–Kier alpha value is -2.28. The van der Waals surface area contributed by atoms with Crippen molar-refractivity contribution in [2.45, 2.75) is 36.1 Å². The van der Waals surface area contributed by atoms with Crippen molar-refractivity contribution in [2.75, 3.05) is 0 Å². The van der Waals surface area contributed by atoms with Crippen molar-refractivity contribution in [1.82, 2.24) is 4.90 Å². The third-order valence-electron chi connectivity index (χ3n) is 4.17. The molecule has 3 rings (SSSR count). The molecule has 1 amide bonds. The first-order valence-corrected chi connectivity index (χ1v) is 8.40. The van der Waals surface area contributed by atoms with Crippen LogP contribution in [0.2, 0.25) is 0 Å². The monoisotopic (exact) mass is 347 g/mol. The maximum Gasteiger partial charge on any atom is 0.330 e. The molecule has 0 aliphatic carbocycles. The first-order chi connectivity index (χ1) is 11.4. The molecule has 2 saturated heterocycles. The van der Waals surface area contributed by atoms with Crippen molar-refractivity contribution < 1.29 is 24.2 Å². The molecule has 126 valence electrons. The molecule has 7 heteroatoms. The summed E-state index contributed by atoms with van der Waals surface area (Å²) in [6.45, 7) is 1.88. The van der Waals surface area contributed by atoms with Gasteiger partial charge in [0.15, 0.2) is 0 Å². The van der Waals surface area contributed by atoms with Crippen LogP contribution in [0, 0.1) is 0 Å². The summed E-state index contributed by atoms with van der Waals surface area (Å²) in [5.74, 6) is -1.77. The average molecular weight is 347 g/mol. The Labute approximate surface area is 143 Å². The van der Waals surface area contributed by atoms with Gasteiger partial charge in [-0.3, -0.25) is 4.79 Å². The van der Waals surface area contributed by atoms with Crippen molar-refractivity contribution in [3.05, 3.63) is 48.0 Å². The standard InChI is InChI=1S/C17H17NO5S/c1-17(15(16(21)22)18-12(19)9-13(18)24-17)8-7-14(20)23-10-11-5-3-2-4-6-11/h2-8,13,15H,9-10H2,1H3,(H,21,22)/t13-,15+,17+/m1/s1. The van der Waals surface area contributed by atoms with Crippen LogP contribution in [0.25, 0.3) is 0 Å². The highest BCUT2D eigenvalue weighted by atomic mass is 32.2. The van der Waals surface area contributed by atoms with Crippen LogP contribution in [0.15, 0.2) is 42.5 Å². The topological polar surface area (TPSA) is 83.9 Å². The van der Waals surface area contributed by atoms with E-state index in [-0.39, 0.29) is 17.9 Å². The number of amides is 1. The van der Waals surface area contributed by atoms with Crippen LogP contribution in [0.1, 0.15) is 18.9 Å². The van der Waals surface area contributed by atoms with E-state index >= 15 is 0 Å². The minimum atomic E-state index is -1.07. The van der Waals surface area contributed by atoms with Crippen molar-refractivity contribution in [3.8, 4) is 0 Å². The molecule has 2 fully saturated rings. The van der Waals surface area contributed by atoms with E-state index in [4.69, 9.17) is 4.74 Å². The summed E-state index contributed by atoms with van der Waals surface area (Å²) in [5, 5.41) is 9.32. The highest BCUT2D eigenvalue weighted by Crippen LogP contribution is 2.51. The van der Waals surface area contributed by atoms with Crippen LogP contribution in [0.3, 0.4) is 0 Å². The summed E-state index contributed by atoms with van der Waals surface area (Å²) in [6.07, 6.45) is 3.13. The average Bonchev–Trinajstić information content (AvgIpc) is 2.80. The molecule has 3 atom stereocenters. The number of fused-ring (bicyclic) bond motifs is 1. The molecule has 0 spiro atoms. The number of hydrogen-bond donors (Lipinski definition) is 1. The fraction of sp³-hybridized carbons (Fsp3) is 0.353. The molecule has 2 heterocycles. The smallest absolute Gasteiger partial charge is 0.330 e. The number of carbonyl (C=O) groups is 3. The van der Waals surface area contributed by atoms with E-state index < -0.39 is 22.7 Å². The Bertz CT molecular complexity index is 704. The largest absolute Gasteiger partial charge is 0.480 e. The molecule has 0 radical (unpaired) electrons. The quantitative estimate of drug-likeness (QED) is 0.497. The Balaban J connectivity index is 1.65. The van der Waals surface area contributed by atoms with Crippen LogP contribution >= 0.6 is 11.8 Å². The number of carboxylic acids is 1. The third-order valence-corrected chi connectivity index (χ3v) is 5.70. The van der Waals surface area contributed by atoms with Gasteiger partial charge in [-0.1, -0.05) is 36.4 Å². The lowest BCUT2D eigenvalue weighted by Gasteiger charge is -2.36. The van der Waals surface area contributed by atoms with Gasteiger partial charge < -0.3 is 14.7 Å². The molecular formula is C17H17NO5S. The molecule has 24 heavy (non-hydrogen) atoms. The molecule has 0 aromatic heterocycles. The molecule has 0 unspecified atom stereocenters. The van der Waals surface area contributed by atoms with Crippen LogP contribution < -0.4 is 0 Å². The Morgan fingerprint density at radius 3 is 2.75 bits per heavy atom. The number of carbonyl (C=O) groups excluding carboxylic acids is 2. The number of nitrogens with zero attached hydrogens (tertiary/aromatic N) is 1. The molecule has 2 aliphatic rings. The van der Waals surface area contributed by atoms with Crippen molar-refractivity contribution in [2.24, 2.45) is 0 Å². The fourth-order valence-corrected chi connectivity index (χ4v) is 4.60. The minimum absolute atomic E-state index is 0.131. The first-order valence-electron chi connectivity index (χ1n) is 7.52. The number of esters is 1. The number of rotatable bonds is 5. The number of benzene rings is 1. The maximum absolute atomic E-state index is 11.9. The number of ether oxygens (including phenoxy) is 1. The normalized spacial score (nSPS) is 28.5. The summed E-state index contributed by atoms with van der Waals surface area (Å²) < 4.78 is 4.30. The number of aliphatic carboxylic acids is 1.